The van der Waals surface area contributed by atoms with E-state index in [-0.39, 0.29) is 5.69 Å². The molecular weight excluding hydrogens is 280 g/mol. The number of nitro groups is 1. The Balaban J connectivity index is 2.33. The number of nitrogens with one attached hydrogen (secondary N) is 1. The van der Waals surface area contributed by atoms with Gasteiger partial charge in [-0.15, -0.1) is 0 Å². The second kappa shape index (κ2) is 5.11. The van der Waals surface area contributed by atoms with Crippen molar-refractivity contribution in [2.45, 2.75) is 13.8 Å². The number of H-pyrrole nitrogens is 1. The first-order valence-corrected chi connectivity index (χ1v) is 6.84. The zero-order valence-corrected chi connectivity index (χ0v) is 12.2. The first-order valence-electron chi connectivity index (χ1n) is 6.84. The molecule has 0 amide bonds. The summed E-state index contributed by atoms with van der Waals surface area (Å²) in [5.41, 5.74) is 4.89. The van der Waals surface area contributed by atoms with Crippen LogP contribution in [0.5, 0.6) is 0 Å². The summed E-state index contributed by atoms with van der Waals surface area (Å²) in [6.07, 6.45) is 0.750. The second-order valence-corrected chi connectivity index (χ2v) is 5.34. The Hall–Kier alpha value is -2.95. The molecule has 0 saturated carbocycles. The number of non-ortho nitro benzene ring substituents is 1. The number of nitrogens with zero attached hydrogens (tertiary/aromatic N) is 1. The summed E-state index contributed by atoms with van der Waals surface area (Å²) in [5.74, 6) is 0. The van der Waals surface area contributed by atoms with Crippen molar-refractivity contribution in [2.75, 3.05) is 0 Å². The van der Waals surface area contributed by atoms with Gasteiger partial charge in [0.1, 0.15) is 0 Å². The molecule has 22 heavy (non-hydrogen) atoms. The highest BCUT2D eigenvalue weighted by Gasteiger charge is 2.17. The van der Waals surface area contributed by atoms with Crippen LogP contribution in [0, 0.1) is 24.0 Å². The van der Waals surface area contributed by atoms with Crippen LogP contribution in [0.25, 0.3) is 22.2 Å². The summed E-state index contributed by atoms with van der Waals surface area (Å²) in [6, 6.07) is 10.5. The molecule has 0 saturated heterocycles. The van der Waals surface area contributed by atoms with Gasteiger partial charge in [0, 0.05) is 34.2 Å². The molecule has 5 nitrogen and oxygen atoms in total. The topological polar surface area (TPSA) is 76.0 Å². The van der Waals surface area contributed by atoms with Crippen LogP contribution >= 0.6 is 0 Å². The Bertz CT molecular complexity index is 910. The van der Waals surface area contributed by atoms with Gasteiger partial charge in [0.15, 0.2) is 6.29 Å². The van der Waals surface area contributed by atoms with Gasteiger partial charge in [0.2, 0.25) is 0 Å². The molecule has 5 heteroatoms. The van der Waals surface area contributed by atoms with E-state index in [2.05, 4.69) is 4.98 Å². The second-order valence-electron chi connectivity index (χ2n) is 5.34. The minimum absolute atomic E-state index is 0.0258. The first-order chi connectivity index (χ1) is 10.5. The van der Waals surface area contributed by atoms with Crippen molar-refractivity contribution >= 4 is 22.9 Å². The van der Waals surface area contributed by atoms with Crippen LogP contribution in [0.4, 0.5) is 5.69 Å². The fraction of sp³-hybridized carbons (Fsp3) is 0.118. The third-order valence-electron chi connectivity index (χ3n) is 3.81. The van der Waals surface area contributed by atoms with Crippen LogP contribution in [0.1, 0.15) is 21.5 Å². The van der Waals surface area contributed by atoms with E-state index in [1.54, 1.807) is 6.07 Å². The highest BCUT2D eigenvalue weighted by Crippen LogP contribution is 2.33. The molecule has 0 aliphatic rings. The summed E-state index contributed by atoms with van der Waals surface area (Å²) < 4.78 is 0. The summed E-state index contributed by atoms with van der Waals surface area (Å²) in [7, 11) is 0. The third kappa shape index (κ3) is 2.16. The first kappa shape index (κ1) is 14.0. The number of aryl methyl sites for hydroxylation is 2. The zero-order chi connectivity index (χ0) is 15.9. The van der Waals surface area contributed by atoms with Gasteiger partial charge >= 0.3 is 0 Å². The van der Waals surface area contributed by atoms with E-state index in [1.165, 1.54) is 12.1 Å². The molecular formula is C17H14N2O3. The Kier molecular flexibility index (Phi) is 3.25. The van der Waals surface area contributed by atoms with Crippen molar-refractivity contribution < 1.29 is 9.72 Å². The summed E-state index contributed by atoms with van der Waals surface area (Å²) in [6.45, 7) is 3.95. The maximum absolute atomic E-state index is 11.6. The molecule has 2 aromatic carbocycles. The number of aldehydes is 1. The van der Waals surface area contributed by atoms with Crippen LogP contribution < -0.4 is 0 Å². The average Bonchev–Trinajstić information content (AvgIpc) is 2.86. The van der Waals surface area contributed by atoms with E-state index >= 15 is 0 Å². The van der Waals surface area contributed by atoms with Crippen molar-refractivity contribution in [2.24, 2.45) is 0 Å². The number of carbonyl (C=O) groups excluding carboxylic acids is 1. The smallest absolute Gasteiger partial charge is 0.270 e. The molecule has 0 aliphatic carbocycles. The van der Waals surface area contributed by atoms with Crippen molar-refractivity contribution in [1.29, 1.82) is 0 Å². The minimum atomic E-state index is -0.460. The number of aromatic nitrogens is 1. The molecule has 0 spiro atoms. The molecule has 110 valence electrons. The molecule has 3 rings (SSSR count). The fourth-order valence-electron chi connectivity index (χ4n) is 2.65. The molecule has 1 heterocycles. The molecule has 1 N–H and O–H groups in total. The standard InChI is InChI=1S/C17H14N2O3/c1-10-3-4-11(2)13(7-10)17-15(9-20)14-8-12(19(21)22)5-6-16(14)18-17/h3-9,18H,1-2H3. The van der Waals surface area contributed by atoms with Crippen LogP contribution in [0.2, 0.25) is 0 Å². The highest BCUT2D eigenvalue weighted by molar-refractivity contribution is 6.05. The van der Waals surface area contributed by atoms with Crippen molar-refractivity contribution in [3.63, 3.8) is 0 Å². The van der Waals surface area contributed by atoms with E-state index in [0.29, 0.717) is 22.2 Å². The van der Waals surface area contributed by atoms with Crippen LogP contribution in [-0.4, -0.2) is 16.2 Å². The van der Waals surface area contributed by atoms with Crippen LogP contribution in [0.3, 0.4) is 0 Å². The normalized spacial score (nSPS) is 10.8. The van der Waals surface area contributed by atoms with Crippen molar-refractivity contribution in [3.05, 3.63) is 63.2 Å². The molecule has 0 bridgehead atoms. The van der Waals surface area contributed by atoms with E-state index in [9.17, 15) is 14.9 Å². The van der Waals surface area contributed by atoms with Crippen molar-refractivity contribution in [1.82, 2.24) is 4.98 Å². The van der Waals surface area contributed by atoms with E-state index in [1.807, 2.05) is 32.0 Å². The maximum atomic E-state index is 11.6. The van der Waals surface area contributed by atoms with Gasteiger partial charge in [0.05, 0.1) is 10.6 Å². The number of hydrogen-bond acceptors (Lipinski definition) is 3. The molecule has 3 aromatic rings. The van der Waals surface area contributed by atoms with E-state index in [0.717, 1.165) is 23.0 Å². The van der Waals surface area contributed by atoms with Gasteiger partial charge in [-0.05, 0) is 31.5 Å². The Morgan fingerprint density at radius 2 is 1.91 bits per heavy atom. The summed E-state index contributed by atoms with van der Waals surface area (Å²) in [5, 5.41) is 11.5. The number of hydrogen-bond donors (Lipinski definition) is 1. The fourth-order valence-corrected chi connectivity index (χ4v) is 2.65. The number of rotatable bonds is 3. The lowest BCUT2D eigenvalue weighted by Gasteiger charge is -2.06. The molecule has 0 radical (unpaired) electrons. The van der Waals surface area contributed by atoms with Crippen LogP contribution in [0.15, 0.2) is 36.4 Å². The average molecular weight is 294 g/mol. The SMILES string of the molecule is Cc1ccc(C)c(-c2[nH]c3ccc([N+](=O)[O-])cc3c2C=O)c1. The summed E-state index contributed by atoms with van der Waals surface area (Å²) >= 11 is 0. The highest BCUT2D eigenvalue weighted by atomic mass is 16.6. The van der Waals surface area contributed by atoms with Gasteiger partial charge in [-0.25, -0.2) is 0 Å². The van der Waals surface area contributed by atoms with Gasteiger partial charge in [-0.2, -0.15) is 0 Å². The molecule has 1 aromatic heterocycles. The molecule has 0 atom stereocenters. The summed E-state index contributed by atoms with van der Waals surface area (Å²) in [4.78, 5) is 25.2. The lowest BCUT2D eigenvalue weighted by atomic mass is 9.99. The maximum Gasteiger partial charge on any atom is 0.270 e. The zero-order valence-electron chi connectivity index (χ0n) is 12.2. The van der Waals surface area contributed by atoms with Gasteiger partial charge in [-0.1, -0.05) is 17.7 Å². The Morgan fingerprint density at radius 1 is 1.14 bits per heavy atom. The predicted octanol–water partition coefficient (Wildman–Crippen LogP) is 4.17. The van der Waals surface area contributed by atoms with E-state index in [4.69, 9.17) is 0 Å². The van der Waals surface area contributed by atoms with E-state index < -0.39 is 4.92 Å². The number of aromatic amines is 1. The molecule has 0 unspecified atom stereocenters. The number of carbonyl (C=O) groups is 1. The number of fused-ring (bicyclic) bond motifs is 1. The minimum Gasteiger partial charge on any atom is -0.354 e. The Morgan fingerprint density at radius 3 is 2.59 bits per heavy atom. The quantitative estimate of drug-likeness (QED) is 0.447. The van der Waals surface area contributed by atoms with Crippen LogP contribution in [-0.2, 0) is 0 Å². The third-order valence-corrected chi connectivity index (χ3v) is 3.81. The number of benzene rings is 2. The van der Waals surface area contributed by atoms with Crippen molar-refractivity contribution in [3.8, 4) is 11.3 Å². The lowest BCUT2D eigenvalue weighted by molar-refractivity contribution is -0.384. The van der Waals surface area contributed by atoms with Gasteiger partial charge in [0.25, 0.3) is 5.69 Å². The lowest BCUT2D eigenvalue weighted by Crippen LogP contribution is -1.89. The molecule has 0 fully saturated rings. The molecule has 0 aliphatic heterocycles. The Labute approximate surface area is 126 Å². The monoisotopic (exact) mass is 294 g/mol. The van der Waals surface area contributed by atoms with Gasteiger partial charge < -0.3 is 4.98 Å². The largest absolute Gasteiger partial charge is 0.354 e. The van der Waals surface area contributed by atoms with Gasteiger partial charge in [-0.3, -0.25) is 14.9 Å². The predicted molar refractivity (Wildman–Crippen MR) is 85.3 cm³/mol. The number of nitro benzene ring substituents is 1.